The molecule has 0 aromatic heterocycles. The number of amides is 1. The first-order chi connectivity index (χ1) is 6.88. The Bertz CT molecular complexity index is 133. The molecule has 14 heavy (non-hydrogen) atoms. The van der Waals surface area contributed by atoms with Crippen LogP contribution >= 0.6 is 0 Å². The van der Waals surface area contributed by atoms with Crippen molar-refractivity contribution in [3.8, 4) is 0 Å². The van der Waals surface area contributed by atoms with Gasteiger partial charge in [-0.05, 0) is 26.3 Å². The Morgan fingerprint density at radius 3 is 2.29 bits per heavy atom. The van der Waals surface area contributed by atoms with Crippen LogP contribution in [0, 0.1) is 0 Å². The van der Waals surface area contributed by atoms with Gasteiger partial charge in [0.25, 0.3) is 0 Å². The van der Waals surface area contributed by atoms with E-state index >= 15 is 0 Å². The molecule has 3 heteroatoms. The lowest BCUT2D eigenvalue weighted by atomic mass is 9.94. The molecule has 0 bridgehead atoms. The summed E-state index contributed by atoms with van der Waals surface area (Å²) in [5.41, 5.74) is 4.50. The highest BCUT2D eigenvalue weighted by molar-refractivity contribution is 5.47. The van der Waals surface area contributed by atoms with E-state index in [0.29, 0.717) is 6.04 Å². The van der Waals surface area contributed by atoms with Crippen LogP contribution in [0.1, 0.15) is 45.4 Å². The lowest BCUT2D eigenvalue weighted by molar-refractivity contribution is -0.120. The summed E-state index contributed by atoms with van der Waals surface area (Å²) in [6.07, 6.45) is 8.51. The van der Waals surface area contributed by atoms with Crippen LogP contribution in [-0.4, -0.2) is 30.9 Å². The molecule has 0 saturated heterocycles. The topological polar surface area (TPSA) is 46.3 Å². The highest BCUT2D eigenvalue weighted by atomic mass is 16.1. The van der Waals surface area contributed by atoms with Gasteiger partial charge in [0.1, 0.15) is 0 Å². The number of nitrogens with two attached hydrogens (primary N) is 1. The van der Waals surface area contributed by atoms with Gasteiger partial charge in [0.2, 0.25) is 6.41 Å². The molecule has 0 aliphatic heterocycles. The Hall–Kier alpha value is -0.570. The molecule has 0 heterocycles. The smallest absolute Gasteiger partial charge is 0.209 e. The molecule has 0 atom stereocenters. The predicted molar refractivity (Wildman–Crippen MR) is 60.0 cm³/mol. The van der Waals surface area contributed by atoms with Gasteiger partial charge in [-0.25, -0.2) is 0 Å². The van der Waals surface area contributed by atoms with Crippen molar-refractivity contribution in [1.82, 2.24) is 4.90 Å². The van der Waals surface area contributed by atoms with Crippen molar-refractivity contribution in [2.24, 2.45) is 5.73 Å². The molecule has 0 aromatic carbocycles. The first kappa shape index (κ1) is 13.4. The first-order valence-electron chi connectivity index (χ1n) is 5.67. The van der Waals surface area contributed by atoms with Gasteiger partial charge in [-0.1, -0.05) is 26.2 Å². The van der Waals surface area contributed by atoms with Gasteiger partial charge < -0.3 is 10.6 Å². The van der Waals surface area contributed by atoms with Crippen LogP contribution in [0.2, 0.25) is 0 Å². The maximum Gasteiger partial charge on any atom is 0.209 e. The zero-order valence-electron chi connectivity index (χ0n) is 9.54. The number of nitrogens with zero attached hydrogens (tertiary/aromatic N) is 1. The monoisotopic (exact) mass is 200 g/mol. The normalized spacial score (nSPS) is 16.8. The summed E-state index contributed by atoms with van der Waals surface area (Å²) >= 11 is 0. The summed E-state index contributed by atoms with van der Waals surface area (Å²) in [6.45, 7) is 3.06. The van der Waals surface area contributed by atoms with E-state index in [1.807, 2.05) is 4.90 Å². The van der Waals surface area contributed by atoms with Crippen LogP contribution in [0.4, 0.5) is 0 Å². The molecule has 2 N–H and O–H groups in total. The molecule has 84 valence electrons. The van der Waals surface area contributed by atoms with Gasteiger partial charge in [0.15, 0.2) is 0 Å². The summed E-state index contributed by atoms with van der Waals surface area (Å²) in [4.78, 5) is 12.7. The fourth-order valence-electron chi connectivity index (χ4n) is 1.99. The third-order valence-corrected chi connectivity index (χ3v) is 2.66. The molecular formula is C11H24N2O. The van der Waals surface area contributed by atoms with E-state index in [1.54, 1.807) is 0 Å². The average Bonchev–Trinajstić information content (AvgIpc) is 2.30. The number of carbonyl (C=O) groups excluding carboxylic acids is 1. The maximum atomic E-state index is 10.7. The van der Waals surface area contributed by atoms with E-state index in [9.17, 15) is 4.79 Å². The first-order valence-corrected chi connectivity index (χ1v) is 5.67. The summed E-state index contributed by atoms with van der Waals surface area (Å²) in [5.74, 6) is 0. The van der Waals surface area contributed by atoms with Crippen LogP contribution < -0.4 is 5.73 Å². The summed E-state index contributed by atoms with van der Waals surface area (Å²) in [5, 5.41) is 0. The molecule has 1 amide bonds. The van der Waals surface area contributed by atoms with E-state index in [-0.39, 0.29) is 0 Å². The molecule has 0 spiro atoms. The third-order valence-electron chi connectivity index (χ3n) is 2.66. The molecule has 1 fully saturated rings. The fourth-order valence-corrected chi connectivity index (χ4v) is 1.99. The third kappa shape index (κ3) is 4.61. The Morgan fingerprint density at radius 1 is 1.29 bits per heavy atom. The molecule has 0 unspecified atom stereocenters. The van der Waals surface area contributed by atoms with Crippen molar-refractivity contribution in [1.29, 1.82) is 0 Å². The zero-order valence-corrected chi connectivity index (χ0v) is 9.54. The fraction of sp³-hybridized carbons (Fsp3) is 0.909. The van der Waals surface area contributed by atoms with Gasteiger partial charge in [0, 0.05) is 12.6 Å². The van der Waals surface area contributed by atoms with Gasteiger partial charge in [-0.15, -0.1) is 0 Å². The summed E-state index contributed by atoms with van der Waals surface area (Å²) in [7, 11) is 1.50. The van der Waals surface area contributed by atoms with Gasteiger partial charge in [-0.2, -0.15) is 0 Å². The van der Waals surface area contributed by atoms with E-state index in [2.05, 4.69) is 12.7 Å². The van der Waals surface area contributed by atoms with Crippen LogP contribution in [-0.2, 0) is 4.79 Å². The Balaban J connectivity index is 0.000000791. The van der Waals surface area contributed by atoms with Gasteiger partial charge >= 0.3 is 0 Å². The molecule has 1 aliphatic carbocycles. The summed E-state index contributed by atoms with van der Waals surface area (Å²) < 4.78 is 0. The van der Waals surface area contributed by atoms with Crippen molar-refractivity contribution in [2.75, 3.05) is 13.6 Å². The number of hydrogen-bond donors (Lipinski definition) is 1. The van der Waals surface area contributed by atoms with E-state index in [4.69, 9.17) is 0 Å². The van der Waals surface area contributed by atoms with Crippen LogP contribution in [0.3, 0.4) is 0 Å². The molecular weight excluding hydrogens is 176 g/mol. The maximum absolute atomic E-state index is 10.7. The number of carbonyl (C=O) groups is 1. The van der Waals surface area contributed by atoms with Crippen molar-refractivity contribution in [2.45, 2.75) is 51.5 Å². The lowest BCUT2D eigenvalue weighted by Gasteiger charge is -2.31. The van der Waals surface area contributed by atoms with Crippen molar-refractivity contribution in [3.63, 3.8) is 0 Å². The van der Waals surface area contributed by atoms with E-state index < -0.39 is 0 Å². The van der Waals surface area contributed by atoms with Crippen molar-refractivity contribution < 1.29 is 4.79 Å². The van der Waals surface area contributed by atoms with Crippen molar-refractivity contribution >= 4 is 6.41 Å². The second kappa shape index (κ2) is 9.00. The molecule has 0 radical (unpaired) electrons. The second-order valence-electron chi connectivity index (χ2n) is 3.64. The predicted octanol–water partition coefficient (Wildman–Crippen LogP) is 1.76. The standard InChI is InChI=1S/C10H19NO.CH5N/c1-2-8-11(9-12)10-6-4-3-5-7-10;1-2/h9-10H,2-8H2,1H3;2H2,1H3. The Kier molecular flexibility index (Phi) is 8.64. The largest absolute Gasteiger partial charge is 0.342 e. The van der Waals surface area contributed by atoms with Gasteiger partial charge in [-0.3, -0.25) is 4.79 Å². The van der Waals surface area contributed by atoms with Crippen LogP contribution in [0.5, 0.6) is 0 Å². The molecule has 0 aromatic rings. The van der Waals surface area contributed by atoms with Crippen LogP contribution in [0.15, 0.2) is 0 Å². The zero-order chi connectivity index (χ0) is 10.8. The minimum atomic E-state index is 0.552. The van der Waals surface area contributed by atoms with E-state index in [1.165, 1.54) is 39.2 Å². The highest BCUT2D eigenvalue weighted by Crippen LogP contribution is 2.21. The minimum absolute atomic E-state index is 0.552. The van der Waals surface area contributed by atoms with Crippen molar-refractivity contribution in [3.05, 3.63) is 0 Å². The molecule has 1 aliphatic rings. The number of rotatable bonds is 4. The average molecular weight is 200 g/mol. The molecule has 1 saturated carbocycles. The number of hydrogen-bond acceptors (Lipinski definition) is 2. The molecule has 3 nitrogen and oxygen atoms in total. The van der Waals surface area contributed by atoms with Crippen LogP contribution in [0.25, 0.3) is 0 Å². The highest BCUT2D eigenvalue weighted by Gasteiger charge is 2.18. The quantitative estimate of drug-likeness (QED) is 0.703. The molecule has 1 rings (SSSR count). The second-order valence-corrected chi connectivity index (χ2v) is 3.64. The van der Waals surface area contributed by atoms with E-state index in [0.717, 1.165) is 19.4 Å². The Labute approximate surface area is 87.6 Å². The summed E-state index contributed by atoms with van der Waals surface area (Å²) in [6, 6.07) is 0.552. The SMILES string of the molecule is CCCN(C=O)C1CCCCC1.CN. The Morgan fingerprint density at radius 2 is 1.86 bits per heavy atom. The van der Waals surface area contributed by atoms with Gasteiger partial charge in [0.05, 0.1) is 0 Å². The minimum Gasteiger partial charge on any atom is -0.342 e. The lowest BCUT2D eigenvalue weighted by Crippen LogP contribution is -2.36.